The van der Waals surface area contributed by atoms with Gasteiger partial charge in [0.15, 0.2) is 23.0 Å². The van der Waals surface area contributed by atoms with Crippen molar-refractivity contribution in [2.45, 2.75) is 33.7 Å². The normalized spacial score (nSPS) is 12.2. The zero-order valence-corrected chi connectivity index (χ0v) is 16.7. The molecule has 0 saturated carbocycles. The molecular formula is C22H23N3O4. The van der Waals surface area contributed by atoms with Gasteiger partial charge in [-0.3, -0.25) is 0 Å². The van der Waals surface area contributed by atoms with E-state index in [-0.39, 0.29) is 12.5 Å². The second-order valence-corrected chi connectivity index (χ2v) is 7.02. The topological polar surface area (TPSA) is 82.6 Å². The van der Waals surface area contributed by atoms with Gasteiger partial charge in [0.2, 0.25) is 6.79 Å². The average molecular weight is 393 g/mol. The number of esters is 1. The van der Waals surface area contributed by atoms with E-state index in [1.807, 2.05) is 51.1 Å². The molecule has 7 nitrogen and oxygen atoms in total. The molecule has 1 aliphatic heterocycles. The summed E-state index contributed by atoms with van der Waals surface area (Å²) in [6.07, 6.45) is 0.741. The number of carbonyl (C=O) groups is 1. The van der Waals surface area contributed by atoms with Crippen LogP contribution in [-0.2, 0) is 11.3 Å². The first-order chi connectivity index (χ1) is 14.0. The molecule has 1 aromatic heterocycles. The minimum atomic E-state index is -0.479. The minimum Gasteiger partial charge on any atom is -0.461 e. The van der Waals surface area contributed by atoms with Crippen molar-refractivity contribution in [2.75, 3.05) is 18.7 Å². The van der Waals surface area contributed by atoms with Crippen LogP contribution < -0.4 is 14.8 Å². The Morgan fingerprint density at radius 2 is 1.79 bits per heavy atom. The first-order valence-corrected chi connectivity index (χ1v) is 9.63. The summed E-state index contributed by atoms with van der Waals surface area (Å²) in [5.74, 6) is 1.36. The van der Waals surface area contributed by atoms with Crippen molar-refractivity contribution >= 4 is 22.8 Å². The molecule has 0 amide bonds. The smallest absolute Gasteiger partial charge is 0.360 e. The fourth-order valence-corrected chi connectivity index (χ4v) is 3.08. The summed E-state index contributed by atoms with van der Waals surface area (Å²) in [4.78, 5) is 21.8. The van der Waals surface area contributed by atoms with Crippen molar-refractivity contribution in [1.82, 2.24) is 9.97 Å². The highest BCUT2D eigenvalue weighted by Crippen LogP contribution is 2.32. The van der Waals surface area contributed by atoms with E-state index < -0.39 is 5.97 Å². The zero-order chi connectivity index (χ0) is 20.4. The van der Waals surface area contributed by atoms with Gasteiger partial charge in [0.1, 0.15) is 0 Å². The molecule has 1 aliphatic rings. The van der Waals surface area contributed by atoms with Crippen molar-refractivity contribution < 1.29 is 19.0 Å². The summed E-state index contributed by atoms with van der Waals surface area (Å²) in [6, 6.07) is 9.64. The van der Waals surface area contributed by atoms with Crippen molar-refractivity contribution in [3.8, 4) is 11.5 Å². The molecule has 0 radical (unpaired) electrons. The van der Waals surface area contributed by atoms with Gasteiger partial charge in [-0.1, -0.05) is 13.0 Å². The van der Waals surface area contributed by atoms with Gasteiger partial charge in [-0.2, -0.15) is 0 Å². The highest BCUT2D eigenvalue weighted by Gasteiger charge is 2.19. The number of carbonyl (C=O) groups excluding carboxylic acids is 1. The van der Waals surface area contributed by atoms with Gasteiger partial charge in [-0.15, -0.1) is 0 Å². The SMILES string of the molecule is CCCOC(=O)c1nc2cc(C)c(C)cc2nc1NCc1ccc2c(c1)OCO2. The Morgan fingerprint density at radius 1 is 1.07 bits per heavy atom. The number of fused-ring (bicyclic) bond motifs is 2. The maximum atomic E-state index is 12.6. The molecule has 0 spiro atoms. The quantitative estimate of drug-likeness (QED) is 0.630. The Hall–Kier alpha value is -3.35. The third kappa shape index (κ3) is 3.94. The predicted octanol–water partition coefficient (Wildman–Crippen LogP) is 4.15. The Morgan fingerprint density at radius 3 is 2.55 bits per heavy atom. The highest BCUT2D eigenvalue weighted by molar-refractivity contribution is 5.95. The number of nitrogens with zero attached hydrogens (tertiary/aromatic N) is 2. The minimum absolute atomic E-state index is 0.190. The van der Waals surface area contributed by atoms with Crippen LogP contribution in [0.1, 0.15) is 40.5 Å². The standard InChI is InChI=1S/C22H23N3O4/c1-4-7-27-22(26)20-21(25-17-9-14(3)13(2)8-16(17)24-20)23-11-15-5-6-18-19(10-15)29-12-28-18/h5-6,8-10H,4,7,11-12H2,1-3H3,(H,23,25). The molecule has 150 valence electrons. The van der Waals surface area contributed by atoms with Crippen LogP contribution in [0, 0.1) is 13.8 Å². The van der Waals surface area contributed by atoms with Crippen LogP contribution in [0.3, 0.4) is 0 Å². The predicted molar refractivity (Wildman–Crippen MR) is 109 cm³/mol. The Labute approximate surface area is 169 Å². The van der Waals surface area contributed by atoms with Crippen LogP contribution in [-0.4, -0.2) is 29.3 Å². The van der Waals surface area contributed by atoms with Crippen LogP contribution >= 0.6 is 0 Å². The lowest BCUT2D eigenvalue weighted by molar-refractivity contribution is 0.0499. The van der Waals surface area contributed by atoms with E-state index >= 15 is 0 Å². The molecule has 29 heavy (non-hydrogen) atoms. The van der Waals surface area contributed by atoms with Gasteiger partial charge in [-0.25, -0.2) is 14.8 Å². The molecule has 0 bridgehead atoms. The molecular weight excluding hydrogens is 370 g/mol. The van der Waals surface area contributed by atoms with Crippen molar-refractivity contribution in [2.24, 2.45) is 0 Å². The van der Waals surface area contributed by atoms with Crippen LogP contribution in [0.25, 0.3) is 11.0 Å². The first-order valence-electron chi connectivity index (χ1n) is 9.63. The highest BCUT2D eigenvalue weighted by atomic mass is 16.7. The summed E-state index contributed by atoms with van der Waals surface area (Å²) in [5, 5.41) is 3.23. The van der Waals surface area contributed by atoms with Gasteiger partial charge >= 0.3 is 5.97 Å². The van der Waals surface area contributed by atoms with E-state index in [0.717, 1.165) is 34.4 Å². The number of hydrogen-bond acceptors (Lipinski definition) is 7. The Balaban J connectivity index is 1.66. The lowest BCUT2D eigenvalue weighted by Crippen LogP contribution is -2.14. The number of ether oxygens (including phenoxy) is 3. The molecule has 0 fully saturated rings. The summed E-state index contributed by atoms with van der Waals surface area (Å²) in [7, 11) is 0. The van der Waals surface area contributed by atoms with E-state index in [1.54, 1.807) is 0 Å². The van der Waals surface area contributed by atoms with Crippen LogP contribution in [0.15, 0.2) is 30.3 Å². The molecule has 0 atom stereocenters. The lowest BCUT2D eigenvalue weighted by atomic mass is 10.1. The molecule has 2 aromatic carbocycles. The zero-order valence-electron chi connectivity index (χ0n) is 16.7. The number of aromatic nitrogens is 2. The van der Waals surface area contributed by atoms with E-state index in [9.17, 15) is 4.79 Å². The number of hydrogen-bond donors (Lipinski definition) is 1. The van der Waals surface area contributed by atoms with Gasteiger partial charge < -0.3 is 19.5 Å². The summed E-state index contributed by atoms with van der Waals surface area (Å²) in [6.45, 7) is 7.01. The molecule has 3 aromatic rings. The molecule has 7 heteroatoms. The number of benzene rings is 2. The summed E-state index contributed by atoms with van der Waals surface area (Å²) >= 11 is 0. The fraction of sp³-hybridized carbons (Fsp3) is 0.318. The number of nitrogens with one attached hydrogen (secondary N) is 1. The monoisotopic (exact) mass is 393 g/mol. The van der Waals surface area contributed by atoms with Gasteiger partial charge in [0.05, 0.1) is 17.6 Å². The summed E-state index contributed by atoms with van der Waals surface area (Å²) < 4.78 is 16.1. The maximum absolute atomic E-state index is 12.6. The fourth-order valence-electron chi connectivity index (χ4n) is 3.08. The Bertz CT molecular complexity index is 1080. The number of anilines is 1. The molecule has 1 N–H and O–H groups in total. The lowest BCUT2D eigenvalue weighted by Gasteiger charge is -2.13. The summed E-state index contributed by atoms with van der Waals surface area (Å²) in [5.41, 5.74) is 4.79. The van der Waals surface area contributed by atoms with Gasteiger partial charge in [0, 0.05) is 6.54 Å². The van der Waals surface area contributed by atoms with Crippen LogP contribution in [0.5, 0.6) is 11.5 Å². The maximum Gasteiger partial charge on any atom is 0.360 e. The largest absolute Gasteiger partial charge is 0.461 e. The van der Waals surface area contributed by atoms with E-state index in [1.165, 1.54) is 0 Å². The molecule has 0 saturated heterocycles. The Kier molecular flexibility index (Phi) is 5.20. The van der Waals surface area contributed by atoms with E-state index in [0.29, 0.717) is 30.2 Å². The van der Waals surface area contributed by atoms with E-state index in [2.05, 4.69) is 15.3 Å². The number of aryl methyl sites for hydroxylation is 2. The third-order valence-electron chi connectivity index (χ3n) is 4.81. The third-order valence-corrected chi connectivity index (χ3v) is 4.81. The van der Waals surface area contributed by atoms with Crippen molar-refractivity contribution in [3.05, 3.63) is 52.7 Å². The molecule has 0 aliphatic carbocycles. The van der Waals surface area contributed by atoms with Gasteiger partial charge in [-0.05, 0) is 61.2 Å². The second kappa shape index (κ2) is 7.95. The van der Waals surface area contributed by atoms with Crippen molar-refractivity contribution in [1.29, 1.82) is 0 Å². The number of rotatable bonds is 6. The molecule has 0 unspecified atom stereocenters. The average Bonchev–Trinajstić information content (AvgIpc) is 3.18. The first kappa shape index (κ1) is 19.0. The van der Waals surface area contributed by atoms with Gasteiger partial charge in [0.25, 0.3) is 0 Å². The second-order valence-electron chi connectivity index (χ2n) is 7.02. The molecule has 2 heterocycles. The van der Waals surface area contributed by atoms with Crippen molar-refractivity contribution in [3.63, 3.8) is 0 Å². The van der Waals surface area contributed by atoms with E-state index in [4.69, 9.17) is 14.2 Å². The van der Waals surface area contributed by atoms with Crippen LogP contribution in [0.2, 0.25) is 0 Å². The molecule has 4 rings (SSSR count). The van der Waals surface area contributed by atoms with Crippen LogP contribution in [0.4, 0.5) is 5.82 Å².